The fourth-order valence-corrected chi connectivity index (χ4v) is 2.29. The van der Waals surface area contributed by atoms with Crippen LogP contribution in [0.15, 0.2) is 48.5 Å². The molecule has 0 aromatic heterocycles. The van der Waals surface area contributed by atoms with Crippen molar-refractivity contribution < 1.29 is 14.1 Å². The number of nitrogens with zero attached hydrogens (tertiary/aromatic N) is 1. The number of amides is 1. The second-order valence-corrected chi connectivity index (χ2v) is 5.55. The standard InChI is InChI=1S/C17H17FN2O3/c1-11(2)16(12-6-8-14(18)9-7-12)19-17(21)13-4-3-5-15(10-13)20(22)23/h3-11,16H,1-2H3,(H,19,21)/t16-/m1/s1. The van der Waals surface area contributed by atoms with Gasteiger partial charge in [0.05, 0.1) is 11.0 Å². The predicted molar refractivity (Wildman–Crippen MR) is 84.5 cm³/mol. The van der Waals surface area contributed by atoms with Gasteiger partial charge >= 0.3 is 0 Å². The van der Waals surface area contributed by atoms with Gasteiger partial charge in [0.15, 0.2) is 0 Å². The molecule has 0 aliphatic heterocycles. The maximum atomic E-state index is 13.0. The molecule has 2 rings (SSSR count). The molecule has 23 heavy (non-hydrogen) atoms. The number of nitro groups is 1. The Hall–Kier alpha value is -2.76. The quantitative estimate of drug-likeness (QED) is 0.672. The lowest BCUT2D eigenvalue weighted by molar-refractivity contribution is -0.384. The number of hydrogen-bond acceptors (Lipinski definition) is 3. The molecule has 0 aliphatic rings. The number of halogens is 1. The third-order valence-electron chi connectivity index (χ3n) is 3.50. The largest absolute Gasteiger partial charge is 0.345 e. The van der Waals surface area contributed by atoms with E-state index in [0.29, 0.717) is 0 Å². The average molecular weight is 316 g/mol. The molecule has 0 fully saturated rings. The second kappa shape index (κ2) is 7.00. The first kappa shape index (κ1) is 16.6. The maximum absolute atomic E-state index is 13.0. The van der Waals surface area contributed by atoms with E-state index in [0.717, 1.165) is 5.56 Å². The molecule has 0 unspecified atom stereocenters. The maximum Gasteiger partial charge on any atom is 0.270 e. The fraction of sp³-hybridized carbons (Fsp3) is 0.235. The van der Waals surface area contributed by atoms with Crippen LogP contribution >= 0.6 is 0 Å². The van der Waals surface area contributed by atoms with E-state index in [-0.39, 0.29) is 29.0 Å². The van der Waals surface area contributed by atoms with Crippen molar-refractivity contribution in [2.24, 2.45) is 5.92 Å². The molecule has 0 aliphatic carbocycles. The van der Waals surface area contributed by atoms with Crippen LogP contribution < -0.4 is 5.32 Å². The van der Waals surface area contributed by atoms with E-state index in [1.165, 1.54) is 36.4 Å². The molecule has 0 radical (unpaired) electrons. The van der Waals surface area contributed by atoms with Gasteiger partial charge in [0.1, 0.15) is 5.82 Å². The van der Waals surface area contributed by atoms with E-state index in [4.69, 9.17) is 0 Å². The van der Waals surface area contributed by atoms with E-state index in [9.17, 15) is 19.3 Å². The van der Waals surface area contributed by atoms with Crippen molar-refractivity contribution in [3.63, 3.8) is 0 Å². The highest BCUT2D eigenvalue weighted by atomic mass is 19.1. The summed E-state index contributed by atoms with van der Waals surface area (Å²) in [7, 11) is 0. The number of benzene rings is 2. The van der Waals surface area contributed by atoms with Crippen molar-refractivity contribution in [1.29, 1.82) is 0 Å². The van der Waals surface area contributed by atoms with Gasteiger partial charge < -0.3 is 5.32 Å². The molecule has 0 bridgehead atoms. The van der Waals surface area contributed by atoms with Gasteiger partial charge in [-0.05, 0) is 29.7 Å². The van der Waals surface area contributed by atoms with Gasteiger partial charge in [-0.1, -0.05) is 32.0 Å². The van der Waals surface area contributed by atoms with Crippen LogP contribution in [0.4, 0.5) is 10.1 Å². The van der Waals surface area contributed by atoms with Crippen molar-refractivity contribution in [3.8, 4) is 0 Å². The highest BCUT2D eigenvalue weighted by Crippen LogP contribution is 2.23. The summed E-state index contributed by atoms with van der Waals surface area (Å²) in [4.78, 5) is 22.6. The molecular formula is C17H17FN2O3. The van der Waals surface area contributed by atoms with Crippen LogP contribution in [0.1, 0.15) is 35.8 Å². The lowest BCUT2D eigenvalue weighted by atomic mass is 9.95. The Kier molecular flexibility index (Phi) is 5.05. The average Bonchev–Trinajstić information content (AvgIpc) is 2.53. The molecule has 2 aromatic carbocycles. The number of nitrogens with one attached hydrogen (secondary N) is 1. The summed E-state index contributed by atoms with van der Waals surface area (Å²) in [6.45, 7) is 3.86. The second-order valence-electron chi connectivity index (χ2n) is 5.55. The minimum Gasteiger partial charge on any atom is -0.345 e. The molecular weight excluding hydrogens is 299 g/mol. The van der Waals surface area contributed by atoms with Gasteiger partial charge in [0, 0.05) is 17.7 Å². The summed E-state index contributed by atoms with van der Waals surface area (Å²) < 4.78 is 13.0. The van der Waals surface area contributed by atoms with Crippen molar-refractivity contribution in [2.75, 3.05) is 0 Å². The Morgan fingerprint density at radius 2 is 1.83 bits per heavy atom. The van der Waals surface area contributed by atoms with Crippen LogP contribution in [0.3, 0.4) is 0 Å². The first-order valence-corrected chi connectivity index (χ1v) is 7.19. The van der Waals surface area contributed by atoms with E-state index >= 15 is 0 Å². The Morgan fingerprint density at radius 1 is 1.17 bits per heavy atom. The zero-order valence-corrected chi connectivity index (χ0v) is 12.8. The van der Waals surface area contributed by atoms with Crippen molar-refractivity contribution in [2.45, 2.75) is 19.9 Å². The lowest BCUT2D eigenvalue weighted by Gasteiger charge is -2.23. The Balaban J connectivity index is 2.23. The molecule has 0 saturated heterocycles. The number of non-ortho nitro benzene ring substituents is 1. The molecule has 120 valence electrons. The highest BCUT2D eigenvalue weighted by molar-refractivity contribution is 5.95. The van der Waals surface area contributed by atoms with Crippen molar-refractivity contribution >= 4 is 11.6 Å². The first-order chi connectivity index (χ1) is 10.9. The Morgan fingerprint density at radius 3 is 2.39 bits per heavy atom. The number of carbonyl (C=O) groups is 1. The van der Waals surface area contributed by atoms with Gasteiger partial charge in [0.2, 0.25) is 0 Å². The number of rotatable bonds is 5. The molecule has 1 amide bonds. The Bertz CT molecular complexity index is 714. The van der Waals surface area contributed by atoms with E-state index in [1.54, 1.807) is 12.1 Å². The topological polar surface area (TPSA) is 72.2 Å². The van der Waals surface area contributed by atoms with Crippen LogP contribution in [0, 0.1) is 21.8 Å². The summed E-state index contributed by atoms with van der Waals surface area (Å²) >= 11 is 0. The van der Waals surface area contributed by atoms with E-state index in [1.807, 2.05) is 13.8 Å². The SMILES string of the molecule is CC(C)[C@@H](NC(=O)c1cccc([N+](=O)[O-])c1)c1ccc(F)cc1. The van der Waals surface area contributed by atoms with E-state index in [2.05, 4.69) is 5.32 Å². The first-order valence-electron chi connectivity index (χ1n) is 7.19. The zero-order valence-electron chi connectivity index (χ0n) is 12.8. The molecule has 2 aromatic rings. The van der Waals surface area contributed by atoms with Crippen molar-refractivity contribution in [3.05, 3.63) is 75.6 Å². The normalized spacial score (nSPS) is 12.0. The summed E-state index contributed by atoms with van der Waals surface area (Å²) in [6.07, 6.45) is 0. The lowest BCUT2D eigenvalue weighted by Crippen LogP contribution is -2.31. The monoisotopic (exact) mass is 316 g/mol. The van der Waals surface area contributed by atoms with Gasteiger partial charge in [0.25, 0.3) is 11.6 Å². The molecule has 6 heteroatoms. The molecule has 5 nitrogen and oxygen atoms in total. The van der Waals surface area contributed by atoms with Gasteiger partial charge in [-0.15, -0.1) is 0 Å². The summed E-state index contributed by atoms with van der Waals surface area (Å²) in [5.41, 5.74) is 0.854. The van der Waals surface area contributed by atoms with Crippen LogP contribution in [-0.4, -0.2) is 10.8 Å². The minimum atomic E-state index is -0.545. The smallest absolute Gasteiger partial charge is 0.270 e. The predicted octanol–water partition coefficient (Wildman–Crippen LogP) is 3.86. The van der Waals surface area contributed by atoms with Gasteiger partial charge in [-0.2, -0.15) is 0 Å². The summed E-state index contributed by atoms with van der Waals surface area (Å²) in [5, 5.41) is 13.6. The molecule has 1 atom stereocenters. The van der Waals surface area contributed by atoms with Crippen LogP contribution in [-0.2, 0) is 0 Å². The molecule has 0 heterocycles. The fourth-order valence-electron chi connectivity index (χ4n) is 2.29. The molecule has 0 spiro atoms. The Labute approximate surface area is 133 Å². The summed E-state index contributed by atoms with van der Waals surface area (Å²) in [5.74, 6) is -0.680. The number of hydrogen-bond donors (Lipinski definition) is 1. The molecule has 0 saturated carbocycles. The number of nitro benzene ring substituents is 1. The summed E-state index contributed by atoms with van der Waals surface area (Å²) in [6, 6.07) is 11.1. The molecule has 1 N–H and O–H groups in total. The highest BCUT2D eigenvalue weighted by Gasteiger charge is 2.20. The van der Waals surface area contributed by atoms with Gasteiger partial charge in [-0.3, -0.25) is 14.9 Å². The van der Waals surface area contributed by atoms with E-state index < -0.39 is 10.8 Å². The zero-order chi connectivity index (χ0) is 17.0. The van der Waals surface area contributed by atoms with Gasteiger partial charge in [-0.25, -0.2) is 4.39 Å². The number of carbonyl (C=O) groups excluding carboxylic acids is 1. The third-order valence-corrected chi connectivity index (χ3v) is 3.50. The third kappa shape index (κ3) is 4.12. The minimum absolute atomic E-state index is 0.0723. The van der Waals surface area contributed by atoms with Crippen LogP contribution in [0.5, 0.6) is 0 Å². The van der Waals surface area contributed by atoms with Crippen LogP contribution in [0.25, 0.3) is 0 Å². The van der Waals surface area contributed by atoms with Crippen molar-refractivity contribution in [1.82, 2.24) is 5.32 Å². The van der Waals surface area contributed by atoms with Crippen LogP contribution in [0.2, 0.25) is 0 Å².